The van der Waals surface area contributed by atoms with E-state index in [1.165, 1.54) is 19.1 Å². The van der Waals surface area contributed by atoms with Crippen molar-refractivity contribution in [2.75, 3.05) is 6.61 Å². The number of nitrogens with zero attached hydrogens (tertiary/aromatic N) is 3. The summed E-state index contributed by atoms with van der Waals surface area (Å²) in [5, 5.41) is 9.73. The molecule has 1 N–H and O–H groups in total. The lowest BCUT2D eigenvalue weighted by atomic mass is 9.92. The standard InChI is InChI=1S/C13H14Cl2F3N3O2/c1-7-19-21(12(23)20(7)11(16)17)10-2-3-13(15,18)8(5-10)4-9(14)6-22/h2-3,5,8-9,11,22H,4,6H2,1H3. The lowest BCUT2D eigenvalue weighted by molar-refractivity contribution is 0.0640. The highest BCUT2D eigenvalue weighted by Crippen LogP contribution is 2.38. The summed E-state index contributed by atoms with van der Waals surface area (Å²) < 4.78 is 40.9. The monoisotopic (exact) mass is 371 g/mol. The van der Waals surface area contributed by atoms with Gasteiger partial charge in [0.1, 0.15) is 5.82 Å². The third-order valence-corrected chi connectivity index (χ3v) is 4.19. The van der Waals surface area contributed by atoms with Crippen molar-refractivity contribution < 1.29 is 18.3 Å². The summed E-state index contributed by atoms with van der Waals surface area (Å²) in [5.74, 6) is -1.13. The van der Waals surface area contributed by atoms with E-state index in [9.17, 15) is 18.0 Å². The molecule has 0 fully saturated rings. The highest BCUT2D eigenvalue weighted by molar-refractivity contribution is 6.25. The third-order valence-electron chi connectivity index (χ3n) is 3.47. The number of halogens is 5. The van der Waals surface area contributed by atoms with E-state index >= 15 is 0 Å². The molecule has 10 heteroatoms. The van der Waals surface area contributed by atoms with Crippen molar-refractivity contribution in [3.8, 4) is 0 Å². The van der Waals surface area contributed by atoms with Crippen LogP contribution in [0, 0.1) is 12.8 Å². The SMILES string of the molecule is Cc1nn(C2=CC(CC(Cl)CO)C(F)(Cl)C=C2)c(=O)n1C(F)F. The van der Waals surface area contributed by atoms with Gasteiger partial charge < -0.3 is 5.11 Å². The average molecular weight is 372 g/mol. The fourth-order valence-corrected chi connectivity index (χ4v) is 2.69. The summed E-state index contributed by atoms with van der Waals surface area (Å²) in [4.78, 5) is 12.0. The van der Waals surface area contributed by atoms with Crippen LogP contribution in [0.15, 0.2) is 23.0 Å². The number of hydrogen-bond acceptors (Lipinski definition) is 3. The van der Waals surface area contributed by atoms with Gasteiger partial charge in [-0.3, -0.25) is 0 Å². The maximum atomic E-state index is 14.3. The van der Waals surface area contributed by atoms with E-state index < -0.39 is 28.7 Å². The molecule has 1 aliphatic rings. The molecule has 23 heavy (non-hydrogen) atoms. The van der Waals surface area contributed by atoms with E-state index in [0.717, 1.165) is 10.8 Å². The Hall–Kier alpha value is -1.25. The Balaban J connectivity index is 2.42. The number of hydrogen-bond donors (Lipinski definition) is 1. The molecule has 1 aromatic heterocycles. The first-order valence-corrected chi connectivity index (χ1v) is 7.49. The van der Waals surface area contributed by atoms with E-state index in [-0.39, 0.29) is 29.1 Å². The van der Waals surface area contributed by atoms with Crippen molar-refractivity contribution in [1.82, 2.24) is 14.3 Å². The van der Waals surface area contributed by atoms with Crippen LogP contribution in [0.4, 0.5) is 13.2 Å². The molecule has 1 aromatic rings. The molecule has 5 nitrogen and oxygen atoms in total. The summed E-state index contributed by atoms with van der Waals surface area (Å²) in [6.07, 6.45) is 3.48. The van der Waals surface area contributed by atoms with Crippen LogP contribution >= 0.6 is 23.2 Å². The zero-order valence-electron chi connectivity index (χ0n) is 12.0. The van der Waals surface area contributed by atoms with Crippen molar-refractivity contribution >= 4 is 28.9 Å². The fourth-order valence-electron chi connectivity index (χ4n) is 2.28. The molecule has 128 valence electrons. The molecular weight excluding hydrogens is 358 g/mol. The molecule has 1 aliphatic carbocycles. The van der Waals surface area contributed by atoms with Crippen LogP contribution in [-0.4, -0.2) is 36.6 Å². The molecule has 2 rings (SSSR count). The molecule has 3 atom stereocenters. The van der Waals surface area contributed by atoms with E-state index in [1.54, 1.807) is 0 Å². The van der Waals surface area contributed by atoms with Gasteiger partial charge in [-0.1, -0.05) is 17.7 Å². The van der Waals surface area contributed by atoms with Gasteiger partial charge in [-0.2, -0.15) is 18.6 Å². The number of alkyl halides is 5. The lowest BCUT2D eigenvalue weighted by Crippen LogP contribution is -2.31. The highest BCUT2D eigenvalue weighted by atomic mass is 35.5. The average Bonchev–Trinajstić information content (AvgIpc) is 2.76. The van der Waals surface area contributed by atoms with Gasteiger partial charge in [0.2, 0.25) is 5.13 Å². The van der Waals surface area contributed by atoms with Gasteiger partial charge in [0, 0.05) is 5.92 Å². The Morgan fingerprint density at radius 3 is 2.70 bits per heavy atom. The van der Waals surface area contributed by atoms with Gasteiger partial charge in [0.05, 0.1) is 17.7 Å². The Morgan fingerprint density at radius 1 is 1.52 bits per heavy atom. The van der Waals surface area contributed by atoms with Crippen LogP contribution in [0.2, 0.25) is 0 Å². The summed E-state index contributed by atoms with van der Waals surface area (Å²) in [5.41, 5.74) is -0.934. The summed E-state index contributed by atoms with van der Waals surface area (Å²) in [6, 6.07) is 0. The van der Waals surface area contributed by atoms with Gasteiger partial charge >= 0.3 is 12.2 Å². The third kappa shape index (κ3) is 3.64. The second-order valence-electron chi connectivity index (χ2n) is 5.11. The molecule has 0 amide bonds. The van der Waals surface area contributed by atoms with Crippen LogP contribution < -0.4 is 5.69 Å². The predicted molar refractivity (Wildman–Crippen MR) is 80.4 cm³/mol. The summed E-state index contributed by atoms with van der Waals surface area (Å²) >= 11 is 11.6. The number of aromatic nitrogens is 3. The Morgan fingerprint density at radius 2 is 2.17 bits per heavy atom. The summed E-state index contributed by atoms with van der Waals surface area (Å²) in [6.45, 7) is -2.15. The maximum Gasteiger partial charge on any atom is 0.355 e. The van der Waals surface area contributed by atoms with E-state index in [1.807, 2.05) is 0 Å². The quantitative estimate of drug-likeness (QED) is 0.809. The van der Waals surface area contributed by atoms with E-state index in [0.29, 0.717) is 0 Å². The van der Waals surface area contributed by atoms with Crippen LogP contribution in [0.25, 0.3) is 5.70 Å². The number of aryl methyl sites for hydroxylation is 1. The van der Waals surface area contributed by atoms with Gasteiger partial charge in [0.15, 0.2) is 0 Å². The number of aliphatic hydroxyl groups excluding tert-OH is 1. The molecular formula is C13H14Cl2F3N3O2. The lowest BCUT2D eigenvalue weighted by Gasteiger charge is -2.28. The first-order chi connectivity index (χ1) is 10.7. The Labute approximate surface area is 139 Å². The van der Waals surface area contributed by atoms with Crippen molar-refractivity contribution in [3.05, 3.63) is 34.5 Å². The zero-order chi connectivity index (χ0) is 17.4. The molecule has 3 unspecified atom stereocenters. The second-order valence-corrected chi connectivity index (χ2v) is 6.31. The fraction of sp³-hybridized carbons (Fsp3) is 0.538. The molecule has 0 saturated heterocycles. The first kappa shape index (κ1) is 18.1. The zero-order valence-corrected chi connectivity index (χ0v) is 13.5. The first-order valence-electron chi connectivity index (χ1n) is 6.68. The van der Waals surface area contributed by atoms with E-state index in [2.05, 4.69) is 5.10 Å². The smallest absolute Gasteiger partial charge is 0.355 e. The van der Waals surface area contributed by atoms with Crippen LogP contribution in [-0.2, 0) is 0 Å². The molecule has 0 aromatic carbocycles. The normalized spacial score (nSPS) is 25.7. The minimum Gasteiger partial charge on any atom is -0.395 e. The Bertz CT molecular complexity index is 697. The highest BCUT2D eigenvalue weighted by Gasteiger charge is 2.37. The van der Waals surface area contributed by atoms with Crippen LogP contribution in [0.5, 0.6) is 0 Å². The number of allylic oxidation sites excluding steroid dienone is 4. The Kier molecular flexibility index (Phi) is 5.27. The van der Waals surface area contributed by atoms with Crippen LogP contribution in [0.1, 0.15) is 18.8 Å². The van der Waals surface area contributed by atoms with Crippen molar-refractivity contribution in [2.45, 2.75) is 30.4 Å². The van der Waals surface area contributed by atoms with Crippen molar-refractivity contribution in [3.63, 3.8) is 0 Å². The minimum absolute atomic E-state index is 0.00478. The van der Waals surface area contributed by atoms with E-state index in [4.69, 9.17) is 28.3 Å². The molecule has 0 radical (unpaired) electrons. The van der Waals surface area contributed by atoms with Gasteiger partial charge in [-0.05, 0) is 25.5 Å². The van der Waals surface area contributed by atoms with Crippen LogP contribution in [0.3, 0.4) is 0 Å². The molecule has 0 saturated carbocycles. The summed E-state index contributed by atoms with van der Waals surface area (Å²) in [7, 11) is 0. The topological polar surface area (TPSA) is 60.0 Å². The molecule has 0 bridgehead atoms. The number of aliphatic hydroxyl groups is 1. The predicted octanol–water partition coefficient (Wildman–Crippen LogP) is 2.67. The molecule has 0 aliphatic heterocycles. The molecule has 1 heterocycles. The maximum absolute atomic E-state index is 14.3. The second kappa shape index (κ2) is 6.70. The minimum atomic E-state index is -3.03. The number of rotatable bonds is 5. The van der Waals surface area contributed by atoms with Gasteiger partial charge in [0.25, 0.3) is 0 Å². The largest absolute Gasteiger partial charge is 0.395 e. The van der Waals surface area contributed by atoms with Gasteiger partial charge in [-0.15, -0.1) is 11.6 Å². The molecule has 0 spiro atoms. The van der Waals surface area contributed by atoms with Crippen molar-refractivity contribution in [2.24, 2.45) is 5.92 Å². The van der Waals surface area contributed by atoms with Gasteiger partial charge in [-0.25, -0.2) is 13.8 Å². The van der Waals surface area contributed by atoms with Crippen molar-refractivity contribution in [1.29, 1.82) is 0 Å².